The van der Waals surface area contributed by atoms with E-state index in [1.807, 2.05) is 0 Å². The minimum atomic E-state index is -1.05. The Labute approximate surface area is 162 Å². The number of nitrogens with one attached hydrogen (secondary N) is 2. The largest absolute Gasteiger partial charge is 0.461 e. The number of halogens is 1. The third kappa shape index (κ3) is 4.97. The molecule has 0 saturated carbocycles. The number of H-pyrrole nitrogens is 1. The van der Waals surface area contributed by atoms with Crippen molar-refractivity contribution in [2.24, 2.45) is 0 Å². The molecule has 28 heavy (non-hydrogen) atoms. The highest BCUT2D eigenvalue weighted by Crippen LogP contribution is 2.20. The molecule has 0 unspecified atom stereocenters. The predicted molar refractivity (Wildman–Crippen MR) is 99.3 cm³/mol. The number of hydrogen-bond donors (Lipinski definition) is 2. The number of carbonyl (C=O) groups excluding carboxylic acids is 3. The maximum absolute atomic E-state index is 12.9. The SMILES string of the molecule is CCOC(=O)c1[nH]c(C)c(C(=O)O[C@H](C)C(=O)NCc2ccc(F)cc2)c1C. The van der Waals surface area contributed by atoms with Crippen molar-refractivity contribution in [3.05, 3.63) is 58.2 Å². The van der Waals surface area contributed by atoms with Gasteiger partial charge in [-0.05, 0) is 51.0 Å². The third-order valence-corrected chi connectivity index (χ3v) is 4.15. The topological polar surface area (TPSA) is 97.5 Å². The summed E-state index contributed by atoms with van der Waals surface area (Å²) < 4.78 is 23.1. The number of esters is 2. The maximum atomic E-state index is 12.9. The first kappa shape index (κ1) is 21.1. The Morgan fingerprint density at radius 1 is 1.14 bits per heavy atom. The van der Waals surface area contributed by atoms with Gasteiger partial charge in [-0.1, -0.05) is 12.1 Å². The summed E-state index contributed by atoms with van der Waals surface area (Å²) in [5.74, 6) is -2.13. The van der Waals surface area contributed by atoms with E-state index in [1.165, 1.54) is 19.1 Å². The van der Waals surface area contributed by atoms with Crippen LogP contribution in [-0.2, 0) is 20.8 Å². The van der Waals surface area contributed by atoms with Gasteiger partial charge in [-0.3, -0.25) is 4.79 Å². The second-order valence-electron chi connectivity index (χ2n) is 6.24. The van der Waals surface area contributed by atoms with E-state index in [1.54, 1.807) is 32.9 Å². The van der Waals surface area contributed by atoms with Gasteiger partial charge in [0.05, 0.1) is 12.2 Å². The molecule has 150 valence electrons. The molecule has 0 aliphatic heterocycles. The van der Waals surface area contributed by atoms with Gasteiger partial charge in [0.2, 0.25) is 0 Å². The summed E-state index contributed by atoms with van der Waals surface area (Å²) >= 11 is 0. The fourth-order valence-corrected chi connectivity index (χ4v) is 2.67. The number of amides is 1. The van der Waals surface area contributed by atoms with Crippen molar-refractivity contribution in [3.8, 4) is 0 Å². The van der Waals surface area contributed by atoms with Crippen LogP contribution in [0.2, 0.25) is 0 Å². The van der Waals surface area contributed by atoms with Crippen LogP contribution in [0.1, 0.15) is 51.5 Å². The average molecular weight is 390 g/mol. The molecule has 1 heterocycles. The summed E-state index contributed by atoms with van der Waals surface area (Å²) in [6.07, 6.45) is -1.05. The quantitative estimate of drug-likeness (QED) is 0.709. The lowest BCUT2D eigenvalue weighted by atomic mass is 10.1. The monoisotopic (exact) mass is 390 g/mol. The van der Waals surface area contributed by atoms with Gasteiger partial charge in [-0.15, -0.1) is 0 Å². The van der Waals surface area contributed by atoms with Crippen molar-refractivity contribution in [1.82, 2.24) is 10.3 Å². The predicted octanol–water partition coefficient (Wildman–Crippen LogP) is 2.81. The summed E-state index contributed by atoms with van der Waals surface area (Å²) in [7, 11) is 0. The molecule has 2 aromatic rings. The van der Waals surface area contributed by atoms with Crippen LogP contribution in [0, 0.1) is 19.7 Å². The summed E-state index contributed by atoms with van der Waals surface area (Å²) in [4.78, 5) is 39.4. The second kappa shape index (κ2) is 9.16. The van der Waals surface area contributed by atoms with Crippen LogP contribution in [0.5, 0.6) is 0 Å². The third-order valence-electron chi connectivity index (χ3n) is 4.15. The zero-order chi connectivity index (χ0) is 20.8. The fraction of sp³-hybridized carbons (Fsp3) is 0.350. The highest BCUT2D eigenvalue weighted by molar-refractivity contribution is 5.99. The molecule has 0 bridgehead atoms. The molecule has 1 aromatic carbocycles. The normalized spacial score (nSPS) is 11.6. The van der Waals surface area contributed by atoms with E-state index in [9.17, 15) is 18.8 Å². The van der Waals surface area contributed by atoms with Crippen molar-refractivity contribution >= 4 is 17.8 Å². The maximum Gasteiger partial charge on any atom is 0.355 e. The molecule has 8 heteroatoms. The van der Waals surface area contributed by atoms with Crippen LogP contribution < -0.4 is 5.32 Å². The van der Waals surface area contributed by atoms with Crippen LogP contribution >= 0.6 is 0 Å². The molecule has 2 rings (SSSR count). The summed E-state index contributed by atoms with van der Waals surface area (Å²) in [6, 6.07) is 5.69. The molecule has 0 fully saturated rings. The first-order valence-electron chi connectivity index (χ1n) is 8.84. The van der Waals surface area contributed by atoms with Crippen molar-refractivity contribution < 1.29 is 28.2 Å². The van der Waals surface area contributed by atoms with Gasteiger partial charge in [0, 0.05) is 12.2 Å². The molecular formula is C20H23FN2O5. The fourth-order valence-electron chi connectivity index (χ4n) is 2.67. The van der Waals surface area contributed by atoms with Crippen molar-refractivity contribution in [1.29, 1.82) is 0 Å². The molecule has 0 spiro atoms. The van der Waals surface area contributed by atoms with Crippen LogP contribution in [-0.4, -0.2) is 35.5 Å². The summed E-state index contributed by atoms with van der Waals surface area (Å²) in [5, 5.41) is 2.62. The Morgan fingerprint density at radius 3 is 2.39 bits per heavy atom. The van der Waals surface area contributed by atoms with Crippen molar-refractivity contribution in [2.75, 3.05) is 6.61 Å². The van der Waals surface area contributed by atoms with E-state index in [2.05, 4.69) is 10.3 Å². The molecule has 0 saturated heterocycles. The number of carbonyl (C=O) groups is 3. The molecule has 1 amide bonds. The molecule has 1 atom stereocenters. The van der Waals surface area contributed by atoms with Crippen LogP contribution in [0.3, 0.4) is 0 Å². The Bertz CT molecular complexity index is 873. The van der Waals surface area contributed by atoms with Crippen LogP contribution in [0.4, 0.5) is 4.39 Å². The number of rotatable bonds is 7. The number of aromatic nitrogens is 1. The first-order valence-corrected chi connectivity index (χ1v) is 8.84. The number of aryl methyl sites for hydroxylation is 1. The highest BCUT2D eigenvalue weighted by Gasteiger charge is 2.26. The Kier molecular flexibility index (Phi) is 6.92. The van der Waals surface area contributed by atoms with Gasteiger partial charge >= 0.3 is 11.9 Å². The Morgan fingerprint density at radius 2 is 1.79 bits per heavy atom. The molecule has 0 radical (unpaired) electrons. The zero-order valence-electron chi connectivity index (χ0n) is 16.2. The molecule has 0 aliphatic carbocycles. The molecule has 7 nitrogen and oxygen atoms in total. The molecular weight excluding hydrogens is 367 g/mol. The van der Waals surface area contributed by atoms with Crippen LogP contribution in [0.25, 0.3) is 0 Å². The summed E-state index contributed by atoms with van der Waals surface area (Å²) in [5.41, 5.74) is 1.94. The standard InChI is InChI=1S/C20H23FN2O5/c1-5-27-20(26)17-11(2)16(12(3)23-17)19(25)28-13(4)18(24)22-10-14-6-8-15(21)9-7-14/h6-9,13,23H,5,10H2,1-4H3,(H,22,24)/t13-/m1/s1. The highest BCUT2D eigenvalue weighted by atomic mass is 19.1. The summed E-state index contributed by atoms with van der Waals surface area (Å²) in [6.45, 7) is 6.75. The van der Waals surface area contributed by atoms with Gasteiger partial charge < -0.3 is 19.8 Å². The van der Waals surface area contributed by atoms with E-state index in [4.69, 9.17) is 9.47 Å². The lowest BCUT2D eigenvalue weighted by Gasteiger charge is -2.14. The smallest absolute Gasteiger partial charge is 0.355 e. The van der Waals surface area contributed by atoms with Gasteiger partial charge in [-0.25, -0.2) is 14.0 Å². The van der Waals surface area contributed by atoms with E-state index in [0.29, 0.717) is 16.8 Å². The number of benzene rings is 1. The minimum Gasteiger partial charge on any atom is -0.461 e. The van der Waals surface area contributed by atoms with E-state index in [-0.39, 0.29) is 30.2 Å². The Hall–Kier alpha value is -3.16. The van der Waals surface area contributed by atoms with Gasteiger partial charge in [0.15, 0.2) is 6.10 Å². The minimum absolute atomic E-state index is 0.177. The molecule has 0 aliphatic rings. The van der Waals surface area contributed by atoms with E-state index >= 15 is 0 Å². The number of ether oxygens (including phenoxy) is 2. The first-order chi connectivity index (χ1) is 13.2. The van der Waals surface area contributed by atoms with Gasteiger partial charge in [-0.2, -0.15) is 0 Å². The Balaban J connectivity index is 2.00. The van der Waals surface area contributed by atoms with Gasteiger partial charge in [0.1, 0.15) is 11.5 Å². The average Bonchev–Trinajstić information content (AvgIpc) is 2.95. The number of aromatic amines is 1. The van der Waals surface area contributed by atoms with E-state index in [0.717, 1.165) is 0 Å². The van der Waals surface area contributed by atoms with Crippen molar-refractivity contribution in [2.45, 2.75) is 40.3 Å². The second-order valence-corrected chi connectivity index (χ2v) is 6.24. The lowest BCUT2D eigenvalue weighted by molar-refractivity contribution is -0.129. The van der Waals surface area contributed by atoms with Crippen molar-refractivity contribution in [3.63, 3.8) is 0 Å². The van der Waals surface area contributed by atoms with Crippen LogP contribution in [0.15, 0.2) is 24.3 Å². The van der Waals surface area contributed by atoms with E-state index < -0.39 is 23.9 Å². The molecule has 2 N–H and O–H groups in total. The molecule has 1 aromatic heterocycles. The van der Waals surface area contributed by atoms with Gasteiger partial charge in [0.25, 0.3) is 5.91 Å². The lowest BCUT2D eigenvalue weighted by Crippen LogP contribution is -2.35. The zero-order valence-corrected chi connectivity index (χ0v) is 16.2. The number of hydrogen-bond acceptors (Lipinski definition) is 5.